The van der Waals surface area contributed by atoms with Crippen LogP contribution >= 0.6 is 11.8 Å². The Bertz CT molecular complexity index is 393. The van der Waals surface area contributed by atoms with E-state index in [0.29, 0.717) is 5.56 Å². The van der Waals surface area contributed by atoms with E-state index >= 15 is 0 Å². The zero-order valence-electron chi connectivity index (χ0n) is 10.6. The highest BCUT2D eigenvalue weighted by Gasteiger charge is 2.17. The zero-order valence-corrected chi connectivity index (χ0v) is 11.4. The maximum Gasteiger partial charge on any atom is 0.338 e. The molecule has 0 heterocycles. The molecule has 1 aromatic carbocycles. The highest BCUT2D eigenvalue weighted by molar-refractivity contribution is 7.99. The molecule has 0 bridgehead atoms. The second-order valence-corrected chi connectivity index (χ2v) is 5.12. The van der Waals surface area contributed by atoms with Gasteiger partial charge in [0.15, 0.2) is 0 Å². The van der Waals surface area contributed by atoms with Gasteiger partial charge in [0.25, 0.3) is 0 Å². The Morgan fingerprint density at radius 2 is 2.12 bits per heavy atom. The van der Waals surface area contributed by atoms with Crippen molar-refractivity contribution in [1.29, 1.82) is 0 Å². The number of carbonyl (C=O) groups is 1. The minimum Gasteiger partial charge on any atom is -0.478 e. The van der Waals surface area contributed by atoms with Gasteiger partial charge in [-0.05, 0) is 24.3 Å². The minimum atomic E-state index is -0.848. The van der Waals surface area contributed by atoms with E-state index in [1.807, 2.05) is 37.1 Å². The number of thioether (sulfide) groups is 1. The molecule has 94 valence electrons. The molecule has 0 spiro atoms. The van der Waals surface area contributed by atoms with Gasteiger partial charge in [-0.1, -0.05) is 19.9 Å². The highest BCUT2D eigenvalue weighted by atomic mass is 32.2. The fourth-order valence-electron chi connectivity index (χ4n) is 1.78. The molecule has 0 saturated heterocycles. The molecule has 0 aliphatic carbocycles. The smallest absolute Gasteiger partial charge is 0.338 e. The van der Waals surface area contributed by atoms with E-state index in [4.69, 9.17) is 0 Å². The van der Waals surface area contributed by atoms with E-state index in [-0.39, 0.29) is 0 Å². The Morgan fingerprint density at radius 1 is 1.41 bits per heavy atom. The number of rotatable bonds is 6. The van der Waals surface area contributed by atoms with Crippen molar-refractivity contribution in [2.24, 2.45) is 0 Å². The molecular formula is C13H19NO2S. The summed E-state index contributed by atoms with van der Waals surface area (Å²) in [7, 11) is 1.94. The van der Waals surface area contributed by atoms with Crippen LogP contribution < -0.4 is 4.90 Å². The van der Waals surface area contributed by atoms with Crippen molar-refractivity contribution in [3.8, 4) is 0 Å². The van der Waals surface area contributed by atoms with Crippen LogP contribution in [0.4, 0.5) is 5.69 Å². The van der Waals surface area contributed by atoms with Gasteiger partial charge in [0.05, 0.1) is 11.3 Å². The first-order valence-electron chi connectivity index (χ1n) is 5.82. The van der Waals surface area contributed by atoms with Crippen LogP contribution in [0.5, 0.6) is 0 Å². The molecule has 0 unspecified atom stereocenters. The predicted molar refractivity (Wildman–Crippen MR) is 73.4 cm³/mol. The number of hydrogen-bond donors (Lipinski definition) is 1. The maximum atomic E-state index is 11.4. The van der Waals surface area contributed by atoms with Gasteiger partial charge in [0, 0.05) is 18.5 Å². The number of anilines is 1. The van der Waals surface area contributed by atoms with Crippen LogP contribution in [-0.2, 0) is 0 Å². The first kappa shape index (κ1) is 13.9. The van der Waals surface area contributed by atoms with Crippen LogP contribution in [0.1, 0.15) is 30.6 Å². The van der Waals surface area contributed by atoms with Gasteiger partial charge >= 0.3 is 5.97 Å². The number of carboxylic acids is 1. The number of carboxylic acid groups (broad SMARTS) is 1. The second-order valence-electron chi connectivity index (χ2n) is 3.81. The molecule has 0 amide bonds. The summed E-state index contributed by atoms with van der Waals surface area (Å²) in [5, 5.41) is 9.35. The third kappa shape index (κ3) is 3.40. The Hall–Kier alpha value is -1.16. The van der Waals surface area contributed by atoms with E-state index < -0.39 is 5.97 Å². The van der Waals surface area contributed by atoms with Crippen molar-refractivity contribution < 1.29 is 9.90 Å². The van der Waals surface area contributed by atoms with Gasteiger partial charge in [0.2, 0.25) is 0 Å². The number of nitrogens with zero attached hydrogens (tertiary/aromatic N) is 1. The maximum absolute atomic E-state index is 11.4. The van der Waals surface area contributed by atoms with Crippen molar-refractivity contribution in [3.05, 3.63) is 23.8 Å². The summed E-state index contributed by atoms with van der Waals surface area (Å²) in [5.74, 6) is 0.0285. The lowest BCUT2D eigenvalue weighted by Gasteiger charge is -2.21. The van der Waals surface area contributed by atoms with E-state index in [2.05, 4.69) is 6.92 Å². The fraction of sp³-hybridized carbons (Fsp3) is 0.462. The van der Waals surface area contributed by atoms with Crippen molar-refractivity contribution in [2.75, 3.05) is 24.2 Å². The Morgan fingerprint density at radius 3 is 2.65 bits per heavy atom. The molecule has 17 heavy (non-hydrogen) atoms. The summed E-state index contributed by atoms with van der Waals surface area (Å²) in [6.45, 7) is 4.97. The lowest BCUT2D eigenvalue weighted by atomic mass is 10.1. The second kappa shape index (κ2) is 6.55. The lowest BCUT2D eigenvalue weighted by molar-refractivity contribution is 0.0694. The average molecular weight is 253 g/mol. The minimum absolute atomic E-state index is 0.426. The van der Waals surface area contributed by atoms with Crippen LogP contribution in [-0.4, -0.2) is 30.4 Å². The monoisotopic (exact) mass is 253 g/mol. The molecule has 0 atom stereocenters. The largest absolute Gasteiger partial charge is 0.478 e. The highest BCUT2D eigenvalue weighted by Crippen LogP contribution is 2.30. The van der Waals surface area contributed by atoms with Gasteiger partial charge in [-0.15, -0.1) is 11.8 Å². The standard InChI is InChI=1S/C13H19NO2S/c1-4-9-14(3)10-7-6-8-11(17-5-2)12(10)13(15)16/h6-8H,4-5,9H2,1-3H3,(H,15,16). The van der Waals surface area contributed by atoms with Gasteiger partial charge in [-0.2, -0.15) is 0 Å². The van der Waals surface area contributed by atoms with E-state index in [9.17, 15) is 9.90 Å². The summed E-state index contributed by atoms with van der Waals surface area (Å²) in [6.07, 6.45) is 1.00. The van der Waals surface area contributed by atoms with Gasteiger partial charge < -0.3 is 10.0 Å². The summed E-state index contributed by atoms with van der Waals surface area (Å²) in [4.78, 5) is 14.2. The van der Waals surface area contributed by atoms with Crippen LogP contribution in [0.15, 0.2) is 23.1 Å². The molecule has 0 aliphatic rings. The number of hydrogen-bond acceptors (Lipinski definition) is 3. The summed E-state index contributed by atoms with van der Waals surface area (Å²) in [5.41, 5.74) is 1.23. The molecule has 3 nitrogen and oxygen atoms in total. The number of benzene rings is 1. The summed E-state index contributed by atoms with van der Waals surface area (Å²) >= 11 is 1.57. The molecule has 0 aliphatic heterocycles. The predicted octanol–water partition coefficient (Wildman–Crippen LogP) is 3.34. The topological polar surface area (TPSA) is 40.5 Å². The zero-order chi connectivity index (χ0) is 12.8. The van der Waals surface area contributed by atoms with Crippen molar-refractivity contribution in [1.82, 2.24) is 0 Å². The average Bonchev–Trinajstić information content (AvgIpc) is 2.29. The Labute approximate surface area is 107 Å². The van der Waals surface area contributed by atoms with Gasteiger partial charge in [-0.25, -0.2) is 4.79 Å². The van der Waals surface area contributed by atoms with Crippen molar-refractivity contribution in [3.63, 3.8) is 0 Å². The van der Waals surface area contributed by atoms with Crippen molar-refractivity contribution in [2.45, 2.75) is 25.2 Å². The third-order valence-electron chi connectivity index (χ3n) is 2.49. The summed E-state index contributed by atoms with van der Waals surface area (Å²) in [6, 6.07) is 5.67. The molecule has 0 aromatic heterocycles. The quantitative estimate of drug-likeness (QED) is 0.789. The molecule has 1 rings (SSSR count). The molecule has 0 fully saturated rings. The first-order valence-corrected chi connectivity index (χ1v) is 6.80. The fourth-order valence-corrected chi connectivity index (χ4v) is 2.61. The van der Waals surface area contributed by atoms with Crippen LogP contribution in [0.3, 0.4) is 0 Å². The van der Waals surface area contributed by atoms with Crippen molar-refractivity contribution >= 4 is 23.4 Å². The summed E-state index contributed by atoms with van der Waals surface area (Å²) < 4.78 is 0. The molecule has 1 aromatic rings. The van der Waals surface area contributed by atoms with Crippen LogP contribution in [0.2, 0.25) is 0 Å². The third-order valence-corrected chi connectivity index (χ3v) is 3.43. The molecule has 4 heteroatoms. The van der Waals surface area contributed by atoms with E-state index in [1.165, 1.54) is 0 Å². The van der Waals surface area contributed by atoms with Crippen LogP contribution in [0, 0.1) is 0 Å². The van der Waals surface area contributed by atoms with E-state index in [0.717, 1.165) is 29.3 Å². The first-order chi connectivity index (χ1) is 8.11. The molecule has 0 radical (unpaired) electrons. The van der Waals surface area contributed by atoms with Crippen LogP contribution in [0.25, 0.3) is 0 Å². The number of aromatic carboxylic acids is 1. The Balaban J connectivity index is 3.19. The van der Waals surface area contributed by atoms with Gasteiger partial charge in [0.1, 0.15) is 0 Å². The molecular weight excluding hydrogens is 234 g/mol. The molecule has 1 N–H and O–H groups in total. The SMILES string of the molecule is CCCN(C)c1cccc(SCC)c1C(=O)O. The van der Waals surface area contributed by atoms with E-state index in [1.54, 1.807) is 11.8 Å². The normalized spacial score (nSPS) is 10.3. The molecule has 0 saturated carbocycles. The lowest BCUT2D eigenvalue weighted by Crippen LogP contribution is -2.21. The Kier molecular flexibility index (Phi) is 5.35. The van der Waals surface area contributed by atoms with Gasteiger partial charge in [-0.3, -0.25) is 0 Å².